The van der Waals surface area contributed by atoms with Crippen molar-refractivity contribution in [3.8, 4) is 0 Å². The molecule has 1 amide bonds. The Morgan fingerprint density at radius 1 is 1.27 bits per heavy atom. The molecule has 0 spiro atoms. The third kappa shape index (κ3) is 3.42. The van der Waals surface area contributed by atoms with Crippen LogP contribution in [0.2, 0.25) is 0 Å². The first-order chi connectivity index (χ1) is 6.93. The van der Waals surface area contributed by atoms with E-state index in [9.17, 15) is 4.79 Å². The van der Waals surface area contributed by atoms with Crippen LogP contribution in [0.3, 0.4) is 0 Å². The van der Waals surface area contributed by atoms with Gasteiger partial charge in [-0.1, -0.05) is 6.58 Å². The lowest BCUT2D eigenvalue weighted by Gasteiger charge is -2.30. The Morgan fingerprint density at radius 2 is 1.67 bits per heavy atom. The number of hydrogen-bond donors (Lipinski definition) is 1. The Hall–Kier alpha value is -0.693. The molecule has 0 saturated carbocycles. The minimum Gasteiger partial charge on any atom is -0.376 e. The minimum absolute atomic E-state index is 0.231. The lowest BCUT2D eigenvalue weighted by atomic mass is 10.3. The average molecular weight is 233 g/mol. The quantitative estimate of drug-likeness (QED) is 0.536. The van der Waals surface area contributed by atoms with Gasteiger partial charge in [0.2, 0.25) is 5.91 Å². The van der Waals surface area contributed by atoms with Crippen LogP contribution < -0.4 is 5.32 Å². The summed E-state index contributed by atoms with van der Waals surface area (Å²) in [7, 11) is 1.71. The minimum atomic E-state index is -2.80. The monoisotopic (exact) mass is 233 g/mol. The van der Waals surface area contributed by atoms with Gasteiger partial charge in [0.05, 0.1) is 5.67 Å². The highest BCUT2D eigenvalue weighted by Crippen LogP contribution is 2.11. The first-order valence-corrected chi connectivity index (χ1v) is 6.35. The molecule has 0 rings (SSSR count). The Balaban J connectivity index is 4.58. The maximum atomic E-state index is 11.4. The van der Waals surface area contributed by atoms with Gasteiger partial charge in [-0.15, -0.1) is 0 Å². The predicted octanol–water partition coefficient (Wildman–Crippen LogP) is 0.484. The molecule has 6 heteroatoms. The molecule has 0 heterocycles. The van der Waals surface area contributed by atoms with Crippen molar-refractivity contribution in [2.45, 2.75) is 19.5 Å². The van der Waals surface area contributed by atoms with E-state index in [-0.39, 0.29) is 11.6 Å². The topological polar surface area (TPSA) is 56.8 Å². The molecular formula is C9H19NO4Si. The van der Waals surface area contributed by atoms with Gasteiger partial charge in [-0.25, -0.2) is 0 Å². The standard InChI is InChI=1S/C9H19NO4Si/c1-7(2)9(11)10-8(3)15(12-4,13-5)14-6/h8H,1H2,2-6H3,(H,10,11). The maximum absolute atomic E-state index is 11.4. The Labute approximate surface area is 91.8 Å². The molecule has 0 fully saturated rings. The second kappa shape index (κ2) is 6.01. The number of carbonyl (C=O) groups is 1. The highest BCUT2D eigenvalue weighted by Gasteiger charge is 2.45. The van der Waals surface area contributed by atoms with E-state index in [1.165, 1.54) is 21.3 Å². The van der Waals surface area contributed by atoms with Crippen LogP contribution in [-0.4, -0.2) is 41.7 Å². The summed E-state index contributed by atoms with van der Waals surface area (Å²) in [6.07, 6.45) is 0. The second-order valence-electron chi connectivity index (χ2n) is 3.19. The largest absolute Gasteiger partial charge is 0.523 e. The van der Waals surface area contributed by atoms with Crippen LogP contribution in [0.1, 0.15) is 13.8 Å². The summed E-state index contributed by atoms with van der Waals surface area (Å²) in [6.45, 7) is 6.97. The van der Waals surface area contributed by atoms with Gasteiger partial charge < -0.3 is 18.6 Å². The lowest BCUT2D eigenvalue weighted by Crippen LogP contribution is -2.60. The van der Waals surface area contributed by atoms with Crippen molar-refractivity contribution in [2.24, 2.45) is 0 Å². The smallest absolute Gasteiger partial charge is 0.376 e. The second-order valence-corrected chi connectivity index (χ2v) is 6.49. The number of nitrogens with one attached hydrogen (secondary N) is 1. The van der Waals surface area contributed by atoms with Crippen LogP contribution in [0, 0.1) is 0 Å². The summed E-state index contributed by atoms with van der Waals surface area (Å²) >= 11 is 0. The van der Waals surface area contributed by atoms with E-state index >= 15 is 0 Å². The molecule has 1 N–H and O–H groups in total. The molecule has 0 aliphatic carbocycles. The van der Waals surface area contributed by atoms with Gasteiger partial charge in [0.1, 0.15) is 0 Å². The molecule has 0 aromatic carbocycles. The zero-order valence-corrected chi connectivity index (χ0v) is 10.9. The third-order valence-corrected chi connectivity index (χ3v) is 5.03. The van der Waals surface area contributed by atoms with Crippen molar-refractivity contribution < 1.29 is 18.1 Å². The number of amides is 1. The van der Waals surface area contributed by atoms with E-state index in [1.807, 2.05) is 0 Å². The summed E-state index contributed by atoms with van der Waals surface area (Å²) in [5, 5.41) is 2.72. The van der Waals surface area contributed by atoms with E-state index in [0.717, 1.165) is 0 Å². The van der Waals surface area contributed by atoms with Crippen molar-refractivity contribution in [3.05, 3.63) is 12.2 Å². The molecule has 1 atom stereocenters. The first-order valence-electron chi connectivity index (χ1n) is 4.55. The highest BCUT2D eigenvalue weighted by molar-refractivity contribution is 6.62. The third-order valence-electron chi connectivity index (χ3n) is 2.12. The van der Waals surface area contributed by atoms with Gasteiger partial charge in [-0.2, -0.15) is 0 Å². The molecule has 0 aromatic heterocycles. The predicted molar refractivity (Wildman–Crippen MR) is 59.2 cm³/mol. The SMILES string of the molecule is C=C(C)C(=O)NC(C)[Si](OC)(OC)OC. The van der Waals surface area contributed by atoms with Crippen LogP contribution in [0.15, 0.2) is 12.2 Å². The van der Waals surface area contributed by atoms with Gasteiger partial charge in [0.25, 0.3) is 0 Å². The molecular weight excluding hydrogens is 214 g/mol. The zero-order valence-electron chi connectivity index (χ0n) is 9.92. The zero-order chi connectivity index (χ0) is 12.1. The van der Waals surface area contributed by atoms with Crippen molar-refractivity contribution >= 4 is 14.7 Å². The van der Waals surface area contributed by atoms with Gasteiger partial charge in [0, 0.05) is 26.9 Å². The highest BCUT2D eigenvalue weighted by atomic mass is 28.4. The van der Waals surface area contributed by atoms with Crippen LogP contribution in [0.4, 0.5) is 0 Å². The molecule has 0 aliphatic heterocycles. The Bertz CT molecular complexity index is 232. The van der Waals surface area contributed by atoms with Gasteiger partial charge in [-0.3, -0.25) is 4.79 Å². The van der Waals surface area contributed by atoms with Crippen LogP contribution >= 0.6 is 0 Å². The van der Waals surface area contributed by atoms with Crippen LogP contribution in [0.5, 0.6) is 0 Å². The summed E-state index contributed by atoms with van der Waals surface area (Å²) in [5.74, 6) is -0.231. The molecule has 5 nitrogen and oxygen atoms in total. The van der Waals surface area contributed by atoms with E-state index in [4.69, 9.17) is 13.3 Å². The average Bonchev–Trinajstić information content (AvgIpc) is 2.21. The van der Waals surface area contributed by atoms with E-state index in [1.54, 1.807) is 13.8 Å². The first kappa shape index (κ1) is 14.3. The molecule has 15 heavy (non-hydrogen) atoms. The molecule has 0 radical (unpaired) electrons. The van der Waals surface area contributed by atoms with E-state index < -0.39 is 8.80 Å². The fourth-order valence-electron chi connectivity index (χ4n) is 1.19. The summed E-state index contributed by atoms with van der Waals surface area (Å²) in [6, 6.07) is 0. The fourth-order valence-corrected chi connectivity index (χ4v) is 3.06. The normalized spacial score (nSPS) is 13.4. The summed E-state index contributed by atoms with van der Waals surface area (Å²) < 4.78 is 15.7. The van der Waals surface area contributed by atoms with Crippen molar-refractivity contribution in [1.82, 2.24) is 5.32 Å². The summed E-state index contributed by atoms with van der Waals surface area (Å²) in [4.78, 5) is 11.4. The molecule has 0 aliphatic rings. The number of carbonyl (C=O) groups excluding carboxylic acids is 1. The maximum Gasteiger partial charge on any atom is 0.523 e. The van der Waals surface area contributed by atoms with E-state index in [0.29, 0.717) is 5.57 Å². The van der Waals surface area contributed by atoms with Crippen molar-refractivity contribution in [1.29, 1.82) is 0 Å². The molecule has 0 aromatic rings. The summed E-state index contributed by atoms with van der Waals surface area (Å²) in [5.41, 5.74) is 0.120. The Morgan fingerprint density at radius 3 is 1.93 bits per heavy atom. The van der Waals surface area contributed by atoms with Crippen LogP contribution in [0.25, 0.3) is 0 Å². The number of rotatable bonds is 6. The lowest BCUT2D eigenvalue weighted by molar-refractivity contribution is -0.118. The van der Waals surface area contributed by atoms with Gasteiger partial charge in [-0.05, 0) is 13.8 Å². The van der Waals surface area contributed by atoms with Crippen LogP contribution in [-0.2, 0) is 18.1 Å². The van der Waals surface area contributed by atoms with Crippen molar-refractivity contribution in [2.75, 3.05) is 21.3 Å². The molecule has 0 bridgehead atoms. The fraction of sp³-hybridized carbons (Fsp3) is 0.667. The Kier molecular flexibility index (Phi) is 5.74. The van der Waals surface area contributed by atoms with E-state index in [2.05, 4.69) is 11.9 Å². The number of hydrogen-bond acceptors (Lipinski definition) is 4. The molecule has 1 unspecified atom stereocenters. The van der Waals surface area contributed by atoms with Crippen molar-refractivity contribution in [3.63, 3.8) is 0 Å². The van der Waals surface area contributed by atoms with Gasteiger partial charge in [0.15, 0.2) is 0 Å². The molecule has 0 saturated heterocycles. The van der Waals surface area contributed by atoms with Gasteiger partial charge >= 0.3 is 8.80 Å². The molecule has 88 valence electrons.